The Morgan fingerprint density at radius 3 is 2.75 bits per heavy atom. The molecule has 0 aliphatic carbocycles. The maximum absolute atomic E-state index is 11.8. The number of rotatable bonds is 6. The number of nitrogens with one attached hydrogen (secondary N) is 1. The molecule has 0 fully saturated rings. The van der Waals surface area contributed by atoms with E-state index in [0.717, 1.165) is 6.54 Å². The van der Waals surface area contributed by atoms with Gasteiger partial charge in [0.1, 0.15) is 0 Å². The van der Waals surface area contributed by atoms with Crippen LogP contribution in [-0.2, 0) is 11.3 Å². The molecule has 0 saturated heterocycles. The van der Waals surface area contributed by atoms with E-state index >= 15 is 0 Å². The lowest BCUT2D eigenvalue weighted by atomic mass is 10.2. The smallest absolute Gasteiger partial charge is 0.240 e. The second kappa shape index (κ2) is 7.42. The van der Waals surface area contributed by atoms with E-state index in [2.05, 4.69) is 40.8 Å². The largest absolute Gasteiger partial charge is 0.301 e. The molecule has 4 nitrogen and oxygen atoms in total. The van der Waals surface area contributed by atoms with Crippen LogP contribution in [-0.4, -0.2) is 35.6 Å². The summed E-state index contributed by atoms with van der Waals surface area (Å²) in [7, 11) is 1.93. The van der Waals surface area contributed by atoms with Crippen molar-refractivity contribution in [1.29, 1.82) is 0 Å². The fourth-order valence-corrected chi connectivity index (χ4v) is 2.74. The number of carbonyl (C=O) groups is 1. The Bertz CT molecular complexity index is 540. The number of nitrogens with zero attached hydrogens (tertiary/aromatic N) is 2. The lowest BCUT2D eigenvalue weighted by molar-refractivity contribution is -0.117. The van der Waals surface area contributed by atoms with E-state index in [9.17, 15) is 4.79 Å². The molecular weight excluding hydrogens is 290 g/mol. The summed E-state index contributed by atoms with van der Waals surface area (Å²) in [6.45, 7) is 1.10. The zero-order chi connectivity index (χ0) is 14.4. The summed E-state index contributed by atoms with van der Waals surface area (Å²) in [5.41, 5.74) is 1.20. The number of thioether (sulfide) groups is 1. The van der Waals surface area contributed by atoms with Gasteiger partial charge in [0, 0.05) is 23.0 Å². The number of likely N-dealkylation sites (N-methyl/N-ethyl adjacent to an activating group) is 1. The molecule has 0 atom stereocenters. The Balaban J connectivity index is 1.82. The molecule has 1 aromatic carbocycles. The summed E-state index contributed by atoms with van der Waals surface area (Å²) in [4.78, 5) is 19.1. The predicted octanol–water partition coefficient (Wildman–Crippen LogP) is 2.94. The zero-order valence-corrected chi connectivity index (χ0v) is 13.1. The quantitative estimate of drug-likeness (QED) is 0.834. The topological polar surface area (TPSA) is 45.2 Å². The van der Waals surface area contributed by atoms with Crippen molar-refractivity contribution in [3.63, 3.8) is 0 Å². The van der Waals surface area contributed by atoms with Gasteiger partial charge >= 0.3 is 0 Å². The summed E-state index contributed by atoms with van der Waals surface area (Å²) >= 11 is 3.15. The molecule has 0 saturated carbocycles. The fraction of sp³-hybridized carbons (Fsp3) is 0.286. The molecule has 1 amide bonds. The Hall–Kier alpha value is -1.37. The van der Waals surface area contributed by atoms with Crippen LogP contribution >= 0.6 is 23.1 Å². The lowest BCUT2D eigenvalue weighted by Crippen LogP contribution is -2.29. The molecule has 6 heteroatoms. The Labute approximate surface area is 127 Å². The minimum Gasteiger partial charge on any atom is -0.301 e. The van der Waals surface area contributed by atoms with Gasteiger partial charge in [-0.3, -0.25) is 9.69 Å². The van der Waals surface area contributed by atoms with Crippen LogP contribution in [0.3, 0.4) is 0 Å². The molecule has 1 N–H and O–H groups in total. The van der Waals surface area contributed by atoms with Crippen molar-refractivity contribution in [3.8, 4) is 0 Å². The van der Waals surface area contributed by atoms with Gasteiger partial charge in [-0.1, -0.05) is 12.1 Å². The number of amides is 1. The van der Waals surface area contributed by atoms with E-state index in [4.69, 9.17) is 0 Å². The number of hydrogen-bond donors (Lipinski definition) is 1. The van der Waals surface area contributed by atoms with E-state index in [1.807, 2.05) is 17.3 Å². The molecule has 20 heavy (non-hydrogen) atoms. The van der Waals surface area contributed by atoms with Crippen molar-refractivity contribution in [2.45, 2.75) is 11.4 Å². The first kappa shape index (κ1) is 15.0. The van der Waals surface area contributed by atoms with Crippen molar-refractivity contribution >= 4 is 34.1 Å². The fourth-order valence-electron chi connectivity index (χ4n) is 1.79. The molecule has 0 spiro atoms. The van der Waals surface area contributed by atoms with E-state index in [1.165, 1.54) is 21.8 Å². The molecule has 0 bridgehead atoms. The van der Waals surface area contributed by atoms with Crippen molar-refractivity contribution in [3.05, 3.63) is 41.4 Å². The van der Waals surface area contributed by atoms with Crippen LogP contribution in [0, 0.1) is 0 Å². The minimum absolute atomic E-state index is 0.0387. The molecule has 0 unspecified atom stereocenters. The Morgan fingerprint density at radius 2 is 2.15 bits per heavy atom. The highest BCUT2D eigenvalue weighted by molar-refractivity contribution is 7.98. The number of benzene rings is 1. The highest BCUT2D eigenvalue weighted by atomic mass is 32.2. The molecule has 0 aliphatic rings. The van der Waals surface area contributed by atoms with Crippen LogP contribution in [0.1, 0.15) is 5.56 Å². The number of carbonyl (C=O) groups excluding carboxylic acids is 1. The molecular formula is C14H17N3OS2. The molecule has 2 aromatic rings. The highest BCUT2D eigenvalue weighted by Gasteiger charge is 2.08. The highest BCUT2D eigenvalue weighted by Crippen LogP contribution is 2.15. The van der Waals surface area contributed by atoms with E-state index < -0.39 is 0 Å². The molecule has 1 aromatic heterocycles. The van der Waals surface area contributed by atoms with Gasteiger partial charge in [0.15, 0.2) is 5.13 Å². The first-order valence-corrected chi connectivity index (χ1v) is 8.28. The maximum atomic E-state index is 11.8. The molecule has 2 rings (SSSR count). The van der Waals surface area contributed by atoms with Crippen LogP contribution in [0.15, 0.2) is 40.7 Å². The van der Waals surface area contributed by atoms with Crippen LogP contribution in [0.25, 0.3) is 0 Å². The van der Waals surface area contributed by atoms with Gasteiger partial charge in [-0.2, -0.15) is 0 Å². The number of hydrogen-bond acceptors (Lipinski definition) is 5. The standard InChI is InChI=1S/C14H17N3OS2/c1-17(9-11-3-5-12(19-2)6-4-11)10-13(18)16-14-15-7-8-20-14/h3-8H,9-10H2,1-2H3,(H,15,16,18). The minimum atomic E-state index is -0.0387. The first-order valence-electron chi connectivity index (χ1n) is 6.18. The average molecular weight is 307 g/mol. The lowest BCUT2D eigenvalue weighted by Gasteiger charge is -2.16. The van der Waals surface area contributed by atoms with E-state index in [-0.39, 0.29) is 5.91 Å². The third-order valence-corrected chi connectivity index (χ3v) is 4.14. The Morgan fingerprint density at radius 1 is 1.40 bits per heavy atom. The van der Waals surface area contributed by atoms with Gasteiger partial charge in [-0.15, -0.1) is 23.1 Å². The summed E-state index contributed by atoms with van der Waals surface area (Å²) in [6, 6.07) is 8.40. The molecule has 106 valence electrons. The van der Waals surface area contributed by atoms with E-state index in [0.29, 0.717) is 11.7 Å². The monoisotopic (exact) mass is 307 g/mol. The molecule has 0 aliphatic heterocycles. The summed E-state index contributed by atoms with van der Waals surface area (Å²) in [5, 5.41) is 5.27. The van der Waals surface area contributed by atoms with Crippen molar-refractivity contribution < 1.29 is 4.79 Å². The van der Waals surface area contributed by atoms with Crippen molar-refractivity contribution in [1.82, 2.24) is 9.88 Å². The summed E-state index contributed by atoms with van der Waals surface area (Å²) < 4.78 is 0. The maximum Gasteiger partial charge on any atom is 0.240 e. The predicted molar refractivity (Wildman–Crippen MR) is 85.3 cm³/mol. The van der Waals surface area contributed by atoms with Crippen molar-refractivity contribution in [2.75, 3.05) is 25.2 Å². The number of aromatic nitrogens is 1. The number of anilines is 1. The molecule has 0 radical (unpaired) electrons. The van der Waals surface area contributed by atoms with Gasteiger partial charge in [-0.05, 0) is 31.0 Å². The Kier molecular flexibility index (Phi) is 5.58. The zero-order valence-electron chi connectivity index (χ0n) is 11.5. The second-order valence-electron chi connectivity index (χ2n) is 4.41. The van der Waals surface area contributed by atoms with E-state index in [1.54, 1.807) is 18.0 Å². The van der Waals surface area contributed by atoms with Gasteiger partial charge < -0.3 is 5.32 Å². The number of thiazole rings is 1. The third-order valence-electron chi connectivity index (χ3n) is 2.70. The first-order chi connectivity index (χ1) is 9.67. The molecule has 1 heterocycles. The normalized spacial score (nSPS) is 10.8. The van der Waals surface area contributed by atoms with Gasteiger partial charge in [0.2, 0.25) is 5.91 Å². The average Bonchev–Trinajstić information content (AvgIpc) is 2.92. The summed E-state index contributed by atoms with van der Waals surface area (Å²) in [6.07, 6.45) is 3.74. The summed E-state index contributed by atoms with van der Waals surface area (Å²) in [5.74, 6) is -0.0387. The SMILES string of the molecule is CSc1ccc(CN(C)CC(=O)Nc2nccs2)cc1. The van der Waals surface area contributed by atoms with Crippen LogP contribution < -0.4 is 5.32 Å². The second-order valence-corrected chi connectivity index (χ2v) is 6.18. The van der Waals surface area contributed by atoms with Gasteiger partial charge in [-0.25, -0.2) is 4.98 Å². The van der Waals surface area contributed by atoms with Crippen molar-refractivity contribution in [2.24, 2.45) is 0 Å². The van der Waals surface area contributed by atoms with Gasteiger partial charge in [0.25, 0.3) is 0 Å². The van der Waals surface area contributed by atoms with Crippen LogP contribution in [0.4, 0.5) is 5.13 Å². The third kappa shape index (κ3) is 4.63. The van der Waals surface area contributed by atoms with Gasteiger partial charge in [0.05, 0.1) is 6.54 Å². The van der Waals surface area contributed by atoms with Crippen LogP contribution in [0.2, 0.25) is 0 Å². The van der Waals surface area contributed by atoms with Crippen LogP contribution in [0.5, 0.6) is 0 Å².